The first-order valence-electron chi connectivity index (χ1n) is 6.02. The fourth-order valence-electron chi connectivity index (χ4n) is 1.50. The molecule has 0 saturated carbocycles. The number of hydrogen-bond donors (Lipinski definition) is 1. The maximum atomic E-state index is 5.87. The molecule has 0 saturated heterocycles. The van der Waals surface area contributed by atoms with Gasteiger partial charge in [-0.25, -0.2) is 9.97 Å². The van der Waals surface area contributed by atoms with Crippen molar-refractivity contribution in [3.05, 3.63) is 41.4 Å². The van der Waals surface area contributed by atoms with Crippen LogP contribution in [0.1, 0.15) is 18.9 Å². The number of aromatic nitrogens is 3. The van der Waals surface area contributed by atoms with Gasteiger partial charge in [0.25, 0.3) is 0 Å². The molecular formula is C13H15ClN4O. The van der Waals surface area contributed by atoms with Gasteiger partial charge >= 0.3 is 6.01 Å². The smallest absolute Gasteiger partial charge is 0.321 e. The van der Waals surface area contributed by atoms with E-state index >= 15 is 0 Å². The highest BCUT2D eigenvalue weighted by Crippen LogP contribution is 2.19. The van der Waals surface area contributed by atoms with Crippen molar-refractivity contribution in [1.29, 1.82) is 0 Å². The Morgan fingerprint density at radius 1 is 1.26 bits per heavy atom. The summed E-state index contributed by atoms with van der Waals surface area (Å²) in [5, 5.41) is 0.503. The van der Waals surface area contributed by atoms with E-state index in [0.29, 0.717) is 10.8 Å². The van der Waals surface area contributed by atoms with Crippen LogP contribution in [0.4, 0.5) is 0 Å². The van der Waals surface area contributed by atoms with Crippen molar-refractivity contribution in [2.45, 2.75) is 25.8 Å². The van der Waals surface area contributed by atoms with E-state index in [0.717, 1.165) is 18.4 Å². The van der Waals surface area contributed by atoms with Gasteiger partial charge in [-0.2, -0.15) is 0 Å². The second-order valence-electron chi connectivity index (χ2n) is 4.19. The van der Waals surface area contributed by atoms with Gasteiger partial charge < -0.3 is 10.5 Å². The van der Waals surface area contributed by atoms with Crippen molar-refractivity contribution in [2.24, 2.45) is 5.73 Å². The Balaban J connectivity index is 2.02. The lowest BCUT2D eigenvalue weighted by Gasteiger charge is -2.08. The van der Waals surface area contributed by atoms with Crippen LogP contribution in [0, 0.1) is 0 Å². The zero-order chi connectivity index (χ0) is 13.7. The standard InChI is InChI=1S/C13H15ClN4O/c1-2-11(15)3-9-5-17-13(18-6-9)19-12-4-10(14)7-16-8-12/h4-8,11H,2-3,15H2,1H3. The monoisotopic (exact) mass is 278 g/mol. The summed E-state index contributed by atoms with van der Waals surface area (Å²) in [4.78, 5) is 12.2. The highest BCUT2D eigenvalue weighted by Gasteiger charge is 2.05. The van der Waals surface area contributed by atoms with Crippen LogP contribution in [0.2, 0.25) is 5.02 Å². The van der Waals surface area contributed by atoms with Crippen molar-refractivity contribution >= 4 is 11.6 Å². The Morgan fingerprint density at radius 2 is 2.00 bits per heavy atom. The lowest BCUT2D eigenvalue weighted by Crippen LogP contribution is -2.21. The fraction of sp³-hybridized carbons (Fsp3) is 0.308. The van der Waals surface area contributed by atoms with E-state index in [-0.39, 0.29) is 12.1 Å². The van der Waals surface area contributed by atoms with Crippen molar-refractivity contribution in [3.63, 3.8) is 0 Å². The first-order chi connectivity index (χ1) is 9.17. The molecule has 5 nitrogen and oxygen atoms in total. The summed E-state index contributed by atoms with van der Waals surface area (Å²) >= 11 is 5.81. The third-order valence-electron chi connectivity index (χ3n) is 2.59. The molecule has 2 heterocycles. The minimum absolute atomic E-state index is 0.132. The number of hydrogen-bond acceptors (Lipinski definition) is 5. The van der Waals surface area contributed by atoms with E-state index in [1.165, 1.54) is 6.20 Å². The van der Waals surface area contributed by atoms with E-state index in [9.17, 15) is 0 Å². The van der Waals surface area contributed by atoms with Crippen LogP contribution in [-0.4, -0.2) is 21.0 Å². The highest BCUT2D eigenvalue weighted by atomic mass is 35.5. The molecule has 6 heteroatoms. The van der Waals surface area contributed by atoms with Crippen LogP contribution in [-0.2, 0) is 6.42 Å². The summed E-state index contributed by atoms with van der Waals surface area (Å²) in [5.74, 6) is 0.505. The van der Waals surface area contributed by atoms with Crippen molar-refractivity contribution in [2.75, 3.05) is 0 Å². The summed E-state index contributed by atoms with van der Waals surface area (Å²) in [5.41, 5.74) is 6.87. The summed E-state index contributed by atoms with van der Waals surface area (Å²) < 4.78 is 5.45. The molecule has 2 N–H and O–H groups in total. The molecule has 0 fully saturated rings. The van der Waals surface area contributed by atoms with Gasteiger partial charge in [0.2, 0.25) is 0 Å². The van der Waals surface area contributed by atoms with Gasteiger partial charge in [0.15, 0.2) is 5.75 Å². The number of ether oxygens (including phenoxy) is 1. The van der Waals surface area contributed by atoms with Crippen LogP contribution >= 0.6 is 11.6 Å². The first kappa shape index (κ1) is 13.7. The molecule has 0 aromatic carbocycles. The Morgan fingerprint density at radius 3 is 2.63 bits per heavy atom. The molecule has 1 unspecified atom stereocenters. The number of rotatable bonds is 5. The summed E-state index contributed by atoms with van der Waals surface area (Å²) in [6.07, 6.45) is 8.20. The molecule has 1 atom stereocenters. The third-order valence-corrected chi connectivity index (χ3v) is 2.80. The van der Waals surface area contributed by atoms with Crippen LogP contribution in [0.15, 0.2) is 30.9 Å². The van der Waals surface area contributed by atoms with E-state index in [1.807, 2.05) is 0 Å². The molecule has 0 spiro atoms. The predicted molar refractivity (Wildman–Crippen MR) is 73.3 cm³/mol. The Bertz CT molecular complexity index is 532. The van der Waals surface area contributed by atoms with Gasteiger partial charge in [-0.05, 0) is 18.4 Å². The minimum Gasteiger partial charge on any atom is -0.423 e. The van der Waals surface area contributed by atoms with Crippen molar-refractivity contribution in [3.8, 4) is 11.8 Å². The zero-order valence-corrected chi connectivity index (χ0v) is 11.3. The Kier molecular flexibility index (Phi) is 4.65. The third kappa shape index (κ3) is 4.15. The number of nitrogens with zero attached hydrogens (tertiary/aromatic N) is 3. The van der Waals surface area contributed by atoms with E-state index in [4.69, 9.17) is 22.1 Å². The lowest BCUT2D eigenvalue weighted by atomic mass is 10.1. The molecule has 0 amide bonds. The van der Waals surface area contributed by atoms with Crippen LogP contribution < -0.4 is 10.5 Å². The molecule has 2 aromatic rings. The van der Waals surface area contributed by atoms with E-state index in [1.54, 1.807) is 24.7 Å². The van der Waals surface area contributed by atoms with Gasteiger partial charge in [-0.15, -0.1) is 0 Å². The Hall–Kier alpha value is -1.72. The normalized spacial score (nSPS) is 12.2. The highest BCUT2D eigenvalue weighted by molar-refractivity contribution is 6.30. The van der Waals surface area contributed by atoms with Gasteiger partial charge in [0.1, 0.15) is 0 Å². The molecule has 0 bridgehead atoms. The topological polar surface area (TPSA) is 73.9 Å². The maximum Gasteiger partial charge on any atom is 0.321 e. The van der Waals surface area contributed by atoms with Gasteiger partial charge in [0.05, 0.1) is 11.2 Å². The summed E-state index contributed by atoms with van der Waals surface area (Å²) in [7, 11) is 0. The lowest BCUT2D eigenvalue weighted by molar-refractivity contribution is 0.438. The summed E-state index contributed by atoms with van der Waals surface area (Å²) in [6.45, 7) is 2.05. The van der Waals surface area contributed by atoms with Crippen molar-refractivity contribution in [1.82, 2.24) is 15.0 Å². The average molecular weight is 279 g/mol. The second-order valence-corrected chi connectivity index (χ2v) is 4.62. The van der Waals surface area contributed by atoms with Gasteiger partial charge in [0, 0.05) is 30.7 Å². The SMILES string of the molecule is CCC(N)Cc1cnc(Oc2cncc(Cl)c2)nc1. The molecular weight excluding hydrogens is 264 g/mol. The number of pyridine rings is 1. The predicted octanol–water partition coefficient (Wildman–Crippen LogP) is 2.60. The molecule has 0 radical (unpaired) electrons. The quantitative estimate of drug-likeness (QED) is 0.910. The van der Waals surface area contributed by atoms with Gasteiger partial charge in [-0.1, -0.05) is 18.5 Å². The largest absolute Gasteiger partial charge is 0.423 e. The van der Waals surface area contributed by atoms with E-state index in [2.05, 4.69) is 21.9 Å². The van der Waals surface area contributed by atoms with Gasteiger partial charge in [-0.3, -0.25) is 4.98 Å². The zero-order valence-electron chi connectivity index (χ0n) is 10.6. The molecule has 19 heavy (non-hydrogen) atoms. The van der Waals surface area contributed by atoms with E-state index < -0.39 is 0 Å². The number of halogens is 1. The molecule has 0 aliphatic heterocycles. The first-order valence-corrected chi connectivity index (χ1v) is 6.40. The molecule has 100 valence electrons. The molecule has 0 aliphatic carbocycles. The maximum absolute atomic E-state index is 5.87. The number of nitrogens with two attached hydrogens (primary N) is 1. The van der Waals surface area contributed by atoms with Crippen molar-refractivity contribution < 1.29 is 4.74 Å². The van der Waals surface area contributed by atoms with Crippen LogP contribution in [0.25, 0.3) is 0 Å². The fourth-order valence-corrected chi connectivity index (χ4v) is 1.67. The molecule has 2 aromatic heterocycles. The van der Waals surface area contributed by atoms with Crippen LogP contribution in [0.5, 0.6) is 11.8 Å². The average Bonchev–Trinajstić information content (AvgIpc) is 2.41. The van der Waals surface area contributed by atoms with Crippen LogP contribution in [0.3, 0.4) is 0 Å². The molecule has 2 rings (SSSR count). The second kappa shape index (κ2) is 6.45. The summed E-state index contributed by atoms with van der Waals surface area (Å²) in [6, 6.07) is 2.05. The Labute approximate surface area is 116 Å². The minimum atomic E-state index is 0.132. The molecule has 0 aliphatic rings.